The van der Waals surface area contributed by atoms with Crippen LogP contribution in [0.25, 0.3) is 0 Å². The molecule has 0 bridgehead atoms. The number of amides is 1. The Labute approximate surface area is 142 Å². The molecule has 0 atom stereocenters. The summed E-state index contributed by atoms with van der Waals surface area (Å²) in [5.41, 5.74) is 2.64. The van der Waals surface area contributed by atoms with Gasteiger partial charge in [0.2, 0.25) is 0 Å². The number of aryl methyl sites for hydroxylation is 2. The lowest BCUT2D eigenvalue weighted by Crippen LogP contribution is -2.36. The molecule has 0 heterocycles. The summed E-state index contributed by atoms with van der Waals surface area (Å²) >= 11 is 0. The van der Waals surface area contributed by atoms with Crippen molar-refractivity contribution in [3.63, 3.8) is 0 Å². The van der Waals surface area contributed by atoms with Gasteiger partial charge in [0.15, 0.2) is 6.61 Å². The van der Waals surface area contributed by atoms with E-state index in [9.17, 15) is 9.18 Å². The van der Waals surface area contributed by atoms with E-state index in [1.165, 1.54) is 6.07 Å². The van der Waals surface area contributed by atoms with Crippen LogP contribution in [0, 0.1) is 19.7 Å². The van der Waals surface area contributed by atoms with Crippen molar-refractivity contribution in [2.45, 2.75) is 39.3 Å². The van der Waals surface area contributed by atoms with Gasteiger partial charge in [-0.25, -0.2) is 4.39 Å². The van der Waals surface area contributed by atoms with Gasteiger partial charge in [0.05, 0.1) is 0 Å². The molecule has 4 heteroatoms. The summed E-state index contributed by atoms with van der Waals surface area (Å²) in [5, 5.41) is 0. The van der Waals surface area contributed by atoms with Gasteiger partial charge in [-0.2, -0.15) is 0 Å². The minimum absolute atomic E-state index is 0.0186. The average Bonchev–Trinajstić information content (AvgIpc) is 3.39. The number of ether oxygens (including phenoxy) is 1. The van der Waals surface area contributed by atoms with E-state index in [-0.39, 0.29) is 24.4 Å². The van der Waals surface area contributed by atoms with Gasteiger partial charge in [0.1, 0.15) is 11.6 Å². The SMILES string of the molecule is Cc1ccc(C)c(OCC(=O)N(Cc2ccccc2F)C2CC2)c1. The minimum Gasteiger partial charge on any atom is -0.483 e. The molecule has 0 unspecified atom stereocenters. The van der Waals surface area contributed by atoms with Crippen molar-refractivity contribution >= 4 is 5.91 Å². The third-order valence-corrected chi connectivity index (χ3v) is 4.30. The monoisotopic (exact) mass is 327 g/mol. The largest absolute Gasteiger partial charge is 0.483 e. The molecule has 0 aliphatic heterocycles. The van der Waals surface area contributed by atoms with Gasteiger partial charge in [-0.3, -0.25) is 4.79 Å². The second-order valence-corrected chi connectivity index (χ2v) is 6.40. The molecule has 3 nitrogen and oxygen atoms in total. The first-order chi connectivity index (χ1) is 11.5. The molecular formula is C20H22FNO2. The fourth-order valence-electron chi connectivity index (χ4n) is 2.70. The zero-order chi connectivity index (χ0) is 17.1. The number of carbonyl (C=O) groups is 1. The smallest absolute Gasteiger partial charge is 0.261 e. The molecule has 0 radical (unpaired) electrons. The molecule has 126 valence electrons. The lowest BCUT2D eigenvalue weighted by atomic mass is 10.1. The minimum atomic E-state index is -0.272. The van der Waals surface area contributed by atoms with Gasteiger partial charge in [-0.15, -0.1) is 0 Å². The third kappa shape index (κ3) is 3.94. The van der Waals surface area contributed by atoms with Crippen LogP contribution >= 0.6 is 0 Å². The molecule has 0 spiro atoms. The lowest BCUT2D eigenvalue weighted by molar-refractivity contribution is -0.134. The van der Waals surface area contributed by atoms with Gasteiger partial charge < -0.3 is 9.64 Å². The molecule has 1 aliphatic rings. The summed E-state index contributed by atoms with van der Waals surface area (Å²) in [6.07, 6.45) is 1.95. The van der Waals surface area contributed by atoms with E-state index in [1.807, 2.05) is 32.0 Å². The molecule has 1 aliphatic carbocycles. The van der Waals surface area contributed by atoms with Crippen LogP contribution in [-0.4, -0.2) is 23.5 Å². The summed E-state index contributed by atoms with van der Waals surface area (Å²) in [4.78, 5) is 14.3. The Balaban J connectivity index is 1.67. The van der Waals surface area contributed by atoms with Gasteiger partial charge >= 0.3 is 0 Å². The average molecular weight is 327 g/mol. The van der Waals surface area contributed by atoms with Crippen molar-refractivity contribution < 1.29 is 13.9 Å². The van der Waals surface area contributed by atoms with Crippen molar-refractivity contribution in [3.05, 3.63) is 65.0 Å². The van der Waals surface area contributed by atoms with Crippen molar-refractivity contribution in [1.82, 2.24) is 4.90 Å². The van der Waals surface area contributed by atoms with Crippen molar-refractivity contribution in [3.8, 4) is 5.75 Å². The second kappa shape index (κ2) is 7.04. The van der Waals surface area contributed by atoms with Crippen LogP contribution in [0.5, 0.6) is 5.75 Å². The van der Waals surface area contributed by atoms with E-state index < -0.39 is 0 Å². The van der Waals surface area contributed by atoms with Crippen LogP contribution in [0.2, 0.25) is 0 Å². The quantitative estimate of drug-likeness (QED) is 0.802. The van der Waals surface area contributed by atoms with E-state index >= 15 is 0 Å². The Morgan fingerprint density at radius 1 is 1.21 bits per heavy atom. The molecule has 1 amide bonds. The van der Waals surface area contributed by atoms with Crippen LogP contribution in [-0.2, 0) is 11.3 Å². The molecule has 0 N–H and O–H groups in total. The van der Waals surface area contributed by atoms with Crippen molar-refractivity contribution in [1.29, 1.82) is 0 Å². The molecule has 2 aromatic carbocycles. The Bertz CT molecular complexity index is 740. The maximum Gasteiger partial charge on any atom is 0.261 e. The highest BCUT2D eigenvalue weighted by molar-refractivity contribution is 5.78. The van der Waals surface area contributed by atoms with E-state index in [0.717, 1.165) is 29.7 Å². The third-order valence-electron chi connectivity index (χ3n) is 4.30. The summed E-state index contributed by atoms with van der Waals surface area (Å²) in [6, 6.07) is 12.7. The molecule has 0 saturated heterocycles. The first-order valence-corrected chi connectivity index (χ1v) is 8.27. The highest BCUT2D eigenvalue weighted by atomic mass is 19.1. The highest BCUT2D eigenvalue weighted by Crippen LogP contribution is 2.29. The number of rotatable bonds is 6. The molecule has 3 rings (SSSR count). The summed E-state index contributed by atoms with van der Waals surface area (Å²) in [6.45, 7) is 4.22. The predicted octanol–water partition coefficient (Wildman–Crippen LogP) is 4.01. The van der Waals surface area contributed by atoms with Gasteiger partial charge in [0, 0.05) is 18.2 Å². The summed E-state index contributed by atoms with van der Waals surface area (Å²) in [5.74, 6) is 0.359. The number of halogens is 1. The zero-order valence-corrected chi connectivity index (χ0v) is 14.1. The standard InChI is InChI=1S/C20H22FNO2/c1-14-7-8-15(2)19(11-14)24-13-20(23)22(17-9-10-17)12-16-5-3-4-6-18(16)21/h3-8,11,17H,9-10,12-13H2,1-2H3. The van der Waals surface area contributed by atoms with Crippen LogP contribution in [0.3, 0.4) is 0 Å². The molecule has 1 fully saturated rings. The van der Waals surface area contributed by atoms with E-state index in [1.54, 1.807) is 23.1 Å². The van der Waals surface area contributed by atoms with Crippen molar-refractivity contribution in [2.24, 2.45) is 0 Å². The first-order valence-electron chi connectivity index (χ1n) is 8.27. The maximum absolute atomic E-state index is 13.9. The normalized spacial score (nSPS) is 13.6. The zero-order valence-electron chi connectivity index (χ0n) is 14.1. The van der Waals surface area contributed by atoms with Crippen LogP contribution in [0.15, 0.2) is 42.5 Å². The number of hydrogen-bond acceptors (Lipinski definition) is 2. The number of benzene rings is 2. The number of hydrogen-bond donors (Lipinski definition) is 0. The first kappa shape index (κ1) is 16.5. The highest BCUT2D eigenvalue weighted by Gasteiger charge is 2.33. The van der Waals surface area contributed by atoms with Crippen LogP contribution < -0.4 is 4.74 Å². The Morgan fingerprint density at radius 3 is 2.67 bits per heavy atom. The molecular weight excluding hydrogens is 305 g/mol. The van der Waals surface area contributed by atoms with Crippen LogP contribution in [0.4, 0.5) is 4.39 Å². The number of carbonyl (C=O) groups excluding carboxylic acids is 1. The van der Waals surface area contributed by atoms with Crippen LogP contribution in [0.1, 0.15) is 29.5 Å². The number of nitrogens with zero attached hydrogens (tertiary/aromatic N) is 1. The predicted molar refractivity (Wildman–Crippen MR) is 91.4 cm³/mol. The molecule has 1 saturated carbocycles. The maximum atomic E-state index is 13.9. The molecule has 24 heavy (non-hydrogen) atoms. The van der Waals surface area contributed by atoms with Gasteiger partial charge in [-0.05, 0) is 49.9 Å². The summed E-state index contributed by atoms with van der Waals surface area (Å²) in [7, 11) is 0. The van der Waals surface area contributed by atoms with E-state index in [0.29, 0.717) is 12.1 Å². The fraction of sp³-hybridized carbons (Fsp3) is 0.350. The second-order valence-electron chi connectivity index (χ2n) is 6.40. The fourth-order valence-corrected chi connectivity index (χ4v) is 2.70. The lowest BCUT2D eigenvalue weighted by Gasteiger charge is -2.23. The van der Waals surface area contributed by atoms with Gasteiger partial charge in [0.25, 0.3) is 5.91 Å². The Kier molecular flexibility index (Phi) is 4.84. The molecule has 0 aromatic heterocycles. The van der Waals surface area contributed by atoms with E-state index in [2.05, 4.69) is 0 Å². The van der Waals surface area contributed by atoms with E-state index in [4.69, 9.17) is 4.74 Å². The van der Waals surface area contributed by atoms with Gasteiger partial charge in [-0.1, -0.05) is 30.3 Å². The summed E-state index contributed by atoms with van der Waals surface area (Å²) < 4.78 is 19.6. The Morgan fingerprint density at radius 2 is 1.96 bits per heavy atom. The van der Waals surface area contributed by atoms with Crippen molar-refractivity contribution in [2.75, 3.05) is 6.61 Å². The Hall–Kier alpha value is -2.36. The topological polar surface area (TPSA) is 29.5 Å². The molecule has 2 aromatic rings.